The van der Waals surface area contributed by atoms with E-state index in [4.69, 9.17) is 4.74 Å². The van der Waals surface area contributed by atoms with Crippen LogP contribution in [-0.4, -0.2) is 20.6 Å². The van der Waals surface area contributed by atoms with E-state index in [2.05, 4.69) is 4.98 Å². The van der Waals surface area contributed by atoms with Gasteiger partial charge in [-0.05, 0) is 42.0 Å². The summed E-state index contributed by atoms with van der Waals surface area (Å²) in [7, 11) is 0. The number of rotatable bonds is 6. The van der Waals surface area contributed by atoms with Crippen LogP contribution in [0.2, 0.25) is 0 Å². The number of nitrogens with zero attached hydrogens (tertiary/aromatic N) is 2. The van der Waals surface area contributed by atoms with Crippen molar-refractivity contribution in [2.75, 3.05) is 0 Å². The first kappa shape index (κ1) is 17.7. The highest BCUT2D eigenvalue weighted by Crippen LogP contribution is 2.32. The summed E-state index contributed by atoms with van der Waals surface area (Å²) < 4.78 is 20.7. The number of imidazole rings is 1. The highest BCUT2D eigenvalue weighted by molar-refractivity contribution is 5.84. The summed E-state index contributed by atoms with van der Waals surface area (Å²) in [6.07, 6.45) is 0. The molecule has 6 heteroatoms. The molecule has 0 atom stereocenters. The minimum absolute atomic E-state index is 0.206. The Morgan fingerprint density at radius 3 is 2.50 bits per heavy atom. The van der Waals surface area contributed by atoms with Crippen molar-refractivity contribution in [2.45, 2.75) is 13.2 Å². The van der Waals surface area contributed by atoms with Crippen LogP contribution in [0.5, 0.6) is 5.75 Å². The maximum Gasteiger partial charge on any atom is 0.323 e. The van der Waals surface area contributed by atoms with Crippen LogP contribution >= 0.6 is 0 Å². The average molecular weight is 376 g/mol. The molecule has 4 aromatic rings. The number of carboxylic acid groups (broad SMARTS) is 1. The molecule has 0 bridgehead atoms. The third-order valence-corrected chi connectivity index (χ3v) is 4.38. The lowest BCUT2D eigenvalue weighted by molar-refractivity contribution is -0.137. The Morgan fingerprint density at radius 1 is 1.00 bits per heavy atom. The van der Waals surface area contributed by atoms with E-state index in [1.165, 1.54) is 12.1 Å². The normalized spacial score (nSPS) is 10.9. The Bertz CT molecular complexity index is 1140. The lowest BCUT2D eigenvalue weighted by Crippen LogP contribution is -2.10. The number of aromatic nitrogens is 2. The van der Waals surface area contributed by atoms with E-state index in [9.17, 15) is 14.3 Å². The fraction of sp³-hybridized carbons (Fsp3) is 0.0909. The van der Waals surface area contributed by atoms with Crippen molar-refractivity contribution in [1.29, 1.82) is 0 Å². The molecular formula is C22H17FN2O3. The Hall–Kier alpha value is -3.67. The molecule has 28 heavy (non-hydrogen) atoms. The van der Waals surface area contributed by atoms with Gasteiger partial charge in [0.15, 0.2) is 0 Å². The number of benzene rings is 3. The molecule has 0 saturated heterocycles. The van der Waals surface area contributed by atoms with E-state index >= 15 is 0 Å². The molecule has 0 aliphatic heterocycles. The summed E-state index contributed by atoms with van der Waals surface area (Å²) in [5.74, 6) is -0.146. The molecule has 0 radical (unpaired) electrons. The molecule has 3 aromatic carbocycles. The Balaban J connectivity index is 1.73. The predicted molar refractivity (Wildman–Crippen MR) is 104 cm³/mol. The smallest absolute Gasteiger partial charge is 0.323 e. The molecule has 1 heterocycles. The van der Waals surface area contributed by atoms with Gasteiger partial charge in [-0.15, -0.1) is 0 Å². The number of halogens is 1. The van der Waals surface area contributed by atoms with Gasteiger partial charge in [-0.1, -0.05) is 36.4 Å². The minimum atomic E-state index is -0.950. The first-order chi connectivity index (χ1) is 13.6. The van der Waals surface area contributed by atoms with Crippen molar-refractivity contribution in [3.8, 4) is 17.1 Å². The summed E-state index contributed by atoms with van der Waals surface area (Å²) in [5.41, 5.74) is 2.98. The van der Waals surface area contributed by atoms with Gasteiger partial charge < -0.3 is 14.4 Å². The fourth-order valence-corrected chi connectivity index (χ4v) is 3.10. The first-order valence-electron chi connectivity index (χ1n) is 8.75. The summed E-state index contributed by atoms with van der Waals surface area (Å²) in [6.45, 7) is 0.0542. The number of aliphatic carboxylic acids is 1. The minimum Gasteiger partial charge on any atom is -0.488 e. The van der Waals surface area contributed by atoms with Gasteiger partial charge in [0.25, 0.3) is 0 Å². The Kier molecular flexibility index (Phi) is 4.76. The summed E-state index contributed by atoms with van der Waals surface area (Å²) in [4.78, 5) is 16.0. The third kappa shape index (κ3) is 3.57. The molecule has 0 aliphatic carbocycles. The van der Waals surface area contributed by atoms with Gasteiger partial charge in [0.05, 0.1) is 16.6 Å². The quantitative estimate of drug-likeness (QED) is 0.538. The zero-order chi connectivity index (χ0) is 19.5. The standard InChI is InChI=1S/C22H17FN2O3/c23-16-11-9-15(10-12-16)14-28-20-8-4-1-5-17(20)22-24-18-6-2-3-7-19(18)25(22)13-21(26)27/h1-12H,13-14H2,(H,26,27). The largest absolute Gasteiger partial charge is 0.488 e. The van der Waals surface area contributed by atoms with Crippen molar-refractivity contribution < 1.29 is 19.0 Å². The van der Waals surface area contributed by atoms with Gasteiger partial charge in [0, 0.05) is 0 Å². The van der Waals surface area contributed by atoms with Crippen LogP contribution in [0.15, 0.2) is 72.8 Å². The van der Waals surface area contributed by atoms with Crippen molar-refractivity contribution in [3.05, 3.63) is 84.2 Å². The number of hydrogen-bond acceptors (Lipinski definition) is 3. The van der Waals surface area contributed by atoms with Gasteiger partial charge in [-0.3, -0.25) is 4.79 Å². The van der Waals surface area contributed by atoms with Crippen LogP contribution in [0, 0.1) is 5.82 Å². The second-order valence-electron chi connectivity index (χ2n) is 6.32. The van der Waals surface area contributed by atoms with Gasteiger partial charge in [-0.25, -0.2) is 9.37 Å². The van der Waals surface area contributed by atoms with E-state index in [1.807, 2.05) is 48.5 Å². The van der Waals surface area contributed by atoms with Crippen LogP contribution in [-0.2, 0) is 17.9 Å². The lowest BCUT2D eigenvalue weighted by Gasteiger charge is -2.13. The van der Waals surface area contributed by atoms with Gasteiger partial charge in [0.1, 0.15) is 30.5 Å². The number of fused-ring (bicyclic) bond motifs is 1. The number of carbonyl (C=O) groups is 1. The molecule has 1 N–H and O–H groups in total. The maximum absolute atomic E-state index is 13.1. The molecular weight excluding hydrogens is 359 g/mol. The molecule has 0 fully saturated rings. The van der Waals surface area contributed by atoms with Gasteiger partial charge >= 0.3 is 5.97 Å². The second kappa shape index (κ2) is 7.52. The maximum atomic E-state index is 13.1. The lowest BCUT2D eigenvalue weighted by atomic mass is 10.2. The first-order valence-corrected chi connectivity index (χ1v) is 8.75. The van der Waals surface area contributed by atoms with Crippen molar-refractivity contribution in [2.24, 2.45) is 0 Å². The van der Waals surface area contributed by atoms with Crippen LogP contribution in [0.1, 0.15) is 5.56 Å². The van der Waals surface area contributed by atoms with Gasteiger partial charge in [-0.2, -0.15) is 0 Å². The fourth-order valence-electron chi connectivity index (χ4n) is 3.10. The molecule has 4 rings (SSSR count). The van der Waals surface area contributed by atoms with E-state index < -0.39 is 5.97 Å². The molecule has 0 unspecified atom stereocenters. The zero-order valence-corrected chi connectivity index (χ0v) is 14.9. The monoisotopic (exact) mass is 376 g/mol. The summed E-state index contributed by atoms with van der Waals surface area (Å²) in [5, 5.41) is 9.35. The predicted octanol–water partition coefficient (Wildman–Crippen LogP) is 4.51. The van der Waals surface area contributed by atoms with E-state index in [1.54, 1.807) is 16.7 Å². The van der Waals surface area contributed by atoms with Crippen molar-refractivity contribution in [1.82, 2.24) is 9.55 Å². The molecule has 5 nitrogen and oxygen atoms in total. The van der Waals surface area contributed by atoms with Crippen LogP contribution in [0.25, 0.3) is 22.4 Å². The Morgan fingerprint density at radius 2 is 1.71 bits per heavy atom. The van der Waals surface area contributed by atoms with Crippen molar-refractivity contribution in [3.63, 3.8) is 0 Å². The highest BCUT2D eigenvalue weighted by atomic mass is 19.1. The number of hydrogen-bond donors (Lipinski definition) is 1. The molecule has 0 saturated carbocycles. The molecule has 0 aliphatic rings. The third-order valence-electron chi connectivity index (χ3n) is 4.38. The second-order valence-corrected chi connectivity index (χ2v) is 6.32. The Labute approximate surface area is 160 Å². The number of carboxylic acids is 1. The van der Waals surface area contributed by atoms with Crippen LogP contribution in [0.4, 0.5) is 4.39 Å². The molecule has 1 aromatic heterocycles. The number of para-hydroxylation sites is 3. The van der Waals surface area contributed by atoms with Crippen molar-refractivity contribution >= 4 is 17.0 Å². The molecule has 140 valence electrons. The van der Waals surface area contributed by atoms with Crippen LogP contribution < -0.4 is 4.74 Å². The molecule has 0 spiro atoms. The van der Waals surface area contributed by atoms with E-state index in [0.29, 0.717) is 22.7 Å². The van der Waals surface area contributed by atoms with Gasteiger partial charge in [0.2, 0.25) is 0 Å². The summed E-state index contributed by atoms with van der Waals surface area (Å²) in [6, 6.07) is 20.9. The van der Waals surface area contributed by atoms with E-state index in [0.717, 1.165) is 11.1 Å². The number of ether oxygens (including phenoxy) is 1. The van der Waals surface area contributed by atoms with Crippen LogP contribution in [0.3, 0.4) is 0 Å². The highest BCUT2D eigenvalue weighted by Gasteiger charge is 2.17. The summed E-state index contributed by atoms with van der Waals surface area (Å²) >= 11 is 0. The van der Waals surface area contributed by atoms with E-state index in [-0.39, 0.29) is 19.0 Å². The topological polar surface area (TPSA) is 64.3 Å². The SMILES string of the molecule is O=C(O)Cn1c(-c2ccccc2OCc2ccc(F)cc2)nc2ccccc21. The average Bonchev–Trinajstić information content (AvgIpc) is 3.06. The zero-order valence-electron chi connectivity index (χ0n) is 14.9. The molecule has 0 amide bonds.